The minimum atomic E-state index is 0.704. The molecule has 0 aliphatic carbocycles. The lowest BCUT2D eigenvalue weighted by Crippen LogP contribution is -1.80. The second-order valence-corrected chi connectivity index (χ2v) is 3.21. The van der Waals surface area contributed by atoms with Crippen molar-refractivity contribution in [1.29, 1.82) is 0 Å². The molecule has 13 heavy (non-hydrogen) atoms. The number of rotatable bonds is 1. The Kier molecular flexibility index (Phi) is 1.81. The van der Waals surface area contributed by atoms with Gasteiger partial charge >= 0.3 is 0 Å². The third-order valence-corrected chi connectivity index (χ3v) is 2.09. The molecule has 0 unspecified atom stereocenters. The average Bonchev–Trinajstić information content (AvgIpc) is 2.53. The number of nitrogens with two attached hydrogens (primary N) is 1. The molecule has 1 aromatic carbocycles. The van der Waals surface area contributed by atoms with E-state index in [1.54, 1.807) is 0 Å². The first-order valence-corrected chi connectivity index (χ1v) is 4.26. The molecule has 0 aliphatic heterocycles. The van der Waals surface area contributed by atoms with Gasteiger partial charge in [-0.15, -0.1) is 0 Å². The number of anilines is 1. The Hall–Kier alpha value is -1.70. The van der Waals surface area contributed by atoms with Crippen molar-refractivity contribution in [3.8, 4) is 11.1 Å². The molecule has 1 heterocycles. The van der Waals surface area contributed by atoms with Crippen LogP contribution in [0, 0.1) is 6.92 Å². The molecule has 0 spiro atoms. The van der Waals surface area contributed by atoms with Crippen LogP contribution in [0.1, 0.15) is 5.56 Å². The molecule has 3 N–H and O–H groups in total. The van der Waals surface area contributed by atoms with Gasteiger partial charge in [0.15, 0.2) is 0 Å². The van der Waals surface area contributed by atoms with Gasteiger partial charge in [-0.25, -0.2) is 0 Å². The van der Waals surface area contributed by atoms with Crippen LogP contribution < -0.4 is 5.73 Å². The van der Waals surface area contributed by atoms with E-state index in [4.69, 9.17) is 5.73 Å². The zero-order chi connectivity index (χ0) is 9.26. The number of aryl methyl sites for hydroxylation is 1. The Morgan fingerprint density at radius 1 is 1.08 bits per heavy atom. The highest BCUT2D eigenvalue weighted by Crippen LogP contribution is 2.21. The first kappa shape index (κ1) is 7.92. The van der Waals surface area contributed by atoms with Crippen molar-refractivity contribution >= 4 is 5.82 Å². The lowest BCUT2D eigenvalue weighted by Gasteiger charge is -1.97. The summed E-state index contributed by atoms with van der Waals surface area (Å²) in [5.74, 6) is 0.704. The molecule has 2 aromatic rings. The number of hydrogen-bond acceptors (Lipinski definition) is 1. The lowest BCUT2D eigenvalue weighted by atomic mass is 10.1. The van der Waals surface area contributed by atoms with Crippen molar-refractivity contribution in [2.24, 2.45) is 0 Å². The Bertz CT molecular complexity index is 398. The van der Waals surface area contributed by atoms with Crippen molar-refractivity contribution in [2.75, 3.05) is 5.73 Å². The summed E-state index contributed by atoms with van der Waals surface area (Å²) < 4.78 is 0. The summed E-state index contributed by atoms with van der Waals surface area (Å²) in [5.41, 5.74) is 9.19. The van der Waals surface area contributed by atoms with Gasteiger partial charge in [0.2, 0.25) is 0 Å². The van der Waals surface area contributed by atoms with Crippen LogP contribution in [0.3, 0.4) is 0 Å². The fraction of sp³-hybridized carbons (Fsp3) is 0.0909. The highest BCUT2D eigenvalue weighted by atomic mass is 14.8. The Labute approximate surface area is 77.4 Å². The maximum absolute atomic E-state index is 5.59. The van der Waals surface area contributed by atoms with Gasteiger partial charge in [-0.1, -0.05) is 29.8 Å². The summed E-state index contributed by atoms with van der Waals surface area (Å²) in [5, 5.41) is 0. The van der Waals surface area contributed by atoms with Crippen molar-refractivity contribution < 1.29 is 0 Å². The van der Waals surface area contributed by atoms with Gasteiger partial charge in [0.25, 0.3) is 0 Å². The smallest absolute Gasteiger partial charge is 0.101 e. The van der Waals surface area contributed by atoms with Gasteiger partial charge in [0, 0.05) is 11.8 Å². The van der Waals surface area contributed by atoms with E-state index in [-0.39, 0.29) is 0 Å². The molecule has 66 valence electrons. The second kappa shape index (κ2) is 2.98. The van der Waals surface area contributed by atoms with Crippen LogP contribution in [0.4, 0.5) is 5.82 Å². The summed E-state index contributed by atoms with van der Waals surface area (Å²) in [6, 6.07) is 10.3. The third-order valence-electron chi connectivity index (χ3n) is 2.09. The quantitative estimate of drug-likeness (QED) is 0.682. The van der Waals surface area contributed by atoms with Crippen LogP contribution in [0.2, 0.25) is 0 Å². The van der Waals surface area contributed by atoms with Crippen LogP contribution in [0.5, 0.6) is 0 Å². The fourth-order valence-corrected chi connectivity index (χ4v) is 1.32. The molecule has 0 amide bonds. The summed E-state index contributed by atoms with van der Waals surface area (Å²) in [6.45, 7) is 2.08. The molecule has 2 rings (SSSR count). The highest BCUT2D eigenvalue weighted by Gasteiger charge is 1.98. The molecule has 0 aliphatic rings. The Morgan fingerprint density at radius 3 is 2.31 bits per heavy atom. The number of hydrogen-bond donors (Lipinski definition) is 2. The Balaban J connectivity index is 2.41. The zero-order valence-corrected chi connectivity index (χ0v) is 7.54. The summed E-state index contributed by atoms with van der Waals surface area (Å²) >= 11 is 0. The van der Waals surface area contributed by atoms with E-state index in [1.165, 1.54) is 11.1 Å². The van der Waals surface area contributed by atoms with Gasteiger partial charge in [0.05, 0.1) is 0 Å². The van der Waals surface area contributed by atoms with Crippen molar-refractivity contribution in [1.82, 2.24) is 4.98 Å². The molecular weight excluding hydrogens is 160 g/mol. The van der Waals surface area contributed by atoms with E-state index in [0.29, 0.717) is 5.82 Å². The molecule has 0 saturated carbocycles. The van der Waals surface area contributed by atoms with Crippen molar-refractivity contribution in [3.63, 3.8) is 0 Å². The maximum Gasteiger partial charge on any atom is 0.101 e. The predicted octanol–water partition coefficient (Wildman–Crippen LogP) is 2.57. The first-order valence-electron chi connectivity index (χ1n) is 4.26. The minimum Gasteiger partial charge on any atom is -0.385 e. The number of nitrogens with one attached hydrogen (secondary N) is 1. The number of aromatic nitrogens is 1. The number of aromatic amines is 1. The first-order chi connectivity index (χ1) is 6.25. The predicted molar refractivity (Wildman–Crippen MR) is 55.4 cm³/mol. The van der Waals surface area contributed by atoms with E-state index in [1.807, 2.05) is 12.3 Å². The second-order valence-electron chi connectivity index (χ2n) is 3.21. The van der Waals surface area contributed by atoms with Crippen LogP contribution in [-0.2, 0) is 0 Å². The summed E-state index contributed by atoms with van der Waals surface area (Å²) in [6.07, 6.45) is 1.92. The van der Waals surface area contributed by atoms with Gasteiger partial charge in [-0.05, 0) is 18.6 Å². The molecule has 0 bridgehead atoms. The highest BCUT2D eigenvalue weighted by molar-refractivity contribution is 5.66. The van der Waals surface area contributed by atoms with E-state index < -0.39 is 0 Å². The van der Waals surface area contributed by atoms with E-state index in [9.17, 15) is 0 Å². The molecule has 0 fully saturated rings. The lowest BCUT2D eigenvalue weighted by molar-refractivity contribution is 1.41. The largest absolute Gasteiger partial charge is 0.385 e. The van der Waals surface area contributed by atoms with Gasteiger partial charge in [-0.2, -0.15) is 0 Å². The molecule has 0 radical (unpaired) electrons. The van der Waals surface area contributed by atoms with Crippen molar-refractivity contribution in [2.45, 2.75) is 6.92 Å². The number of benzene rings is 1. The monoisotopic (exact) mass is 172 g/mol. The van der Waals surface area contributed by atoms with Gasteiger partial charge in [0.1, 0.15) is 5.82 Å². The van der Waals surface area contributed by atoms with Crippen LogP contribution in [-0.4, -0.2) is 4.98 Å². The normalized spacial score (nSPS) is 10.2. The number of nitrogen functional groups attached to an aromatic ring is 1. The van der Waals surface area contributed by atoms with Crippen molar-refractivity contribution in [3.05, 3.63) is 42.1 Å². The maximum atomic E-state index is 5.59. The van der Waals surface area contributed by atoms with Gasteiger partial charge < -0.3 is 10.7 Å². The molecule has 0 saturated heterocycles. The van der Waals surface area contributed by atoms with E-state index in [2.05, 4.69) is 36.2 Å². The summed E-state index contributed by atoms with van der Waals surface area (Å²) in [7, 11) is 0. The topological polar surface area (TPSA) is 41.8 Å². The van der Waals surface area contributed by atoms with E-state index >= 15 is 0 Å². The molecule has 2 heteroatoms. The minimum absolute atomic E-state index is 0.704. The molecule has 0 atom stereocenters. The standard InChI is InChI=1S/C11H12N2/c1-8-2-4-9(5-3-8)10-6-11(12)13-7-10/h2-7,13H,12H2,1H3. The zero-order valence-electron chi connectivity index (χ0n) is 7.54. The summed E-state index contributed by atoms with van der Waals surface area (Å²) in [4.78, 5) is 2.96. The number of H-pyrrole nitrogens is 1. The molecule has 1 aromatic heterocycles. The van der Waals surface area contributed by atoms with Crippen LogP contribution >= 0.6 is 0 Å². The van der Waals surface area contributed by atoms with Gasteiger partial charge in [-0.3, -0.25) is 0 Å². The third kappa shape index (κ3) is 1.56. The fourth-order valence-electron chi connectivity index (χ4n) is 1.32. The van der Waals surface area contributed by atoms with E-state index in [0.717, 1.165) is 5.56 Å². The Morgan fingerprint density at radius 2 is 1.77 bits per heavy atom. The van der Waals surface area contributed by atoms with Crippen LogP contribution in [0.25, 0.3) is 11.1 Å². The molecular formula is C11H12N2. The average molecular weight is 172 g/mol. The SMILES string of the molecule is Cc1ccc(-c2c[nH]c(N)c2)cc1. The van der Waals surface area contributed by atoms with Crippen LogP contribution in [0.15, 0.2) is 36.5 Å². The molecule has 2 nitrogen and oxygen atoms in total.